The molecule has 0 aromatic carbocycles. The van der Waals surface area contributed by atoms with Crippen molar-refractivity contribution in [3.8, 4) is 0 Å². The quantitative estimate of drug-likeness (QED) is 0.730. The van der Waals surface area contributed by atoms with Gasteiger partial charge in [0.1, 0.15) is 12.0 Å². The lowest BCUT2D eigenvalue weighted by Gasteiger charge is -2.27. The standard InChI is InChI=1S/C12H18N2O2/c1-9(2)14-5-3-4-11(14)6-12-13-10(7-15)8-16-12/h7-9,11H,3-6H2,1-2H3. The van der Waals surface area contributed by atoms with Crippen LogP contribution in [0.5, 0.6) is 0 Å². The number of carbonyl (C=O) groups excluding carboxylic acids is 1. The highest BCUT2D eigenvalue weighted by atomic mass is 16.3. The summed E-state index contributed by atoms with van der Waals surface area (Å²) in [5.74, 6) is 0.680. The van der Waals surface area contributed by atoms with Crippen molar-refractivity contribution in [2.75, 3.05) is 6.54 Å². The van der Waals surface area contributed by atoms with Crippen LogP contribution in [0.25, 0.3) is 0 Å². The first kappa shape index (κ1) is 11.3. The van der Waals surface area contributed by atoms with Crippen molar-refractivity contribution in [1.82, 2.24) is 9.88 Å². The fourth-order valence-electron chi connectivity index (χ4n) is 2.43. The van der Waals surface area contributed by atoms with Crippen molar-refractivity contribution in [1.29, 1.82) is 0 Å². The van der Waals surface area contributed by atoms with Crippen LogP contribution in [0, 0.1) is 0 Å². The van der Waals surface area contributed by atoms with Gasteiger partial charge in [-0.25, -0.2) is 4.98 Å². The van der Waals surface area contributed by atoms with Crippen LogP contribution in [-0.2, 0) is 6.42 Å². The summed E-state index contributed by atoms with van der Waals surface area (Å²) >= 11 is 0. The number of oxazole rings is 1. The van der Waals surface area contributed by atoms with Gasteiger partial charge in [-0.15, -0.1) is 0 Å². The van der Waals surface area contributed by atoms with Gasteiger partial charge in [0.2, 0.25) is 0 Å². The van der Waals surface area contributed by atoms with Crippen LogP contribution in [0.4, 0.5) is 0 Å². The lowest BCUT2D eigenvalue weighted by Crippen LogP contribution is -2.36. The van der Waals surface area contributed by atoms with Gasteiger partial charge in [-0.2, -0.15) is 0 Å². The molecule has 0 spiro atoms. The van der Waals surface area contributed by atoms with Gasteiger partial charge in [0.05, 0.1) is 0 Å². The maximum absolute atomic E-state index is 10.5. The van der Waals surface area contributed by atoms with E-state index in [1.165, 1.54) is 19.1 Å². The van der Waals surface area contributed by atoms with Gasteiger partial charge in [-0.3, -0.25) is 9.69 Å². The summed E-state index contributed by atoms with van der Waals surface area (Å²) in [5, 5.41) is 0. The number of nitrogens with zero attached hydrogens (tertiary/aromatic N) is 2. The number of hydrogen-bond acceptors (Lipinski definition) is 4. The van der Waals surface area contributed by atoms with E-state index in [9.17, 15) is 4.79 Å². The number of aldehydes is 1. The Kier molecular flexibility index (Phi) is 3.39. The summed E-state index contributed by atoms with van der Waals surface area (Å²) in [7, 11) is 0. The monoisotopic (exact) mass is 222 g/mol. The minimum Gasteiger partial charge on any atom is -0.448 e. The average molecular weight is 222 g/mol. The summed E-state index contributed by atoms with van der Waals surface area (Å²) in [6.45, 7) is 5.58. The Balaban J connectivity index is 2.00. The second-order valence-corrected chi connectivity index (χ2v) is 4.62. The Hall–Kier alpha value is -1.16. The fraction of sp³-hybridized carbons (Fsp3) is 0.667. The summed E-state index contributed by atoms with van der Waals surface area (Å²) in [6.07, 6.45) is 5.39. The second-order valence-electron chi connectivity index (χ2n) is 4.62. The van der Waals surface area contributed by atoms with Crippen molar-refractivity contribution in [3.63, 3.8) is 0 Å². The first-order valence-electron chi connectivity index (χ1n) is 5.86. The zero-order valence-electron chi connectivity index (χ0n) is 9.85. The van der Waals surface area contributed by atoms with Crippen molar-refractivity contribution in [2.24, 2.45) is 0 Å². The van der Waals surface area contributed by atoms with Crippen LogP contribution >= 0.6 is 0 Å². The van der Waals surface area contributed by atoms with E-state index in [1.54, 1.807) is 0 Å². The Bertz CT molecular complexity index is 360. The Morgan fingerprint density at radius 1 is 1.69 bits per heavy atom. The normalized spacial score (nSPS) is 21.8. The number of carbonyl (C=O) groups is 1. The van der Waals surface area contributed by atoms with Gasteiger partial charge in [-0.05, 0) is 33.2 Å². The molecule has 1 aliphatic rings. The molecule has 1 saturated heterocycles. The lowest BCUT2D eigenvalue weighted by molar-refractivity contribution is 0.111. The Morgan fingerprint density at radius 2 is 2.50 bits per heavy atom. The molecular formula is C12H18N2O2. The van der Waals surface area contributed by atoms with E-state index in [-0.39, 0.29) is 0 Å². The van der Waals surface area contributed by atoms with Crippen molar-refractivity contribution < 1.29 is 9.21 Å². The van der Waals surface area contributed by atoms with Gasteiger partial charge in [-0.1, -0.05) is 0 Å². The fourth-order valence-corrected chi connectivity index (χ4v) is 2.43. The molecule has 0 amide bonds. The molecule has 0 radical (unpaired) electrons. The van der Waals surface area contributed by atoms with Gasteiger partial charge in [0.25, 0.3) is 0 Å². The summed E-state index contributed by atoms with van der Waals surface area (Å²) in [5.41, 5.74) is 0.393. The predicted molar refractivity (Wildman–Crippen MR) is 60.5 cm³/mol. The molecule has 16 heavy (non-hydrogen) atoms. The van der Waals surface area contributed by atoms with Crippen molar-refractivity contribution in [2.45, 2.75) is 45.2 Å². The van der Waals surface area contributed by atoms with E-state index in [0.29, 0.717) is 23.7 Å². The van der Waals surface area contributed by atoms with Gasteiger partial charge < -0.3 is 4.42 Å². The molecule has 0 aliphatic carbocycles. The highest BCUT2D eigenvalue weighted by molar-refractivity contribution is 5.70. The molecule has 2 rings (SSSR count). The highest BCUT2D eigenvalue weighted by Gasteiger charge is 2.27. The van der Waals surface area contributed by atoms with Crippen molar-refractivity contribution in [3.05, 3.63) is 17.8 Å². The molecule has 1 aromatic rings. The minimum absolute atomic E-state index is 0.393. The first-order chi connectivity index (χ1) is 7.70. The predicted octanol–water partition coefficient (Wildman–Crippen LogP) is 1.90. The molecule has 0 N–H and O–H groups in total. The topological polar surface area (TPSA) is 46.3 Å². The van der Waals surface area contributed by atoms with Crippen LogP contribution in [0.15, 0.2) is 10.7 Å². The van der Waals surface area contributed by atoms with Crippen LogP contribution in [0.3, 0.4) is 0 Å². The lowest BCUT2D eigenvalue weighted by atomic mass is 10.1. The van der Waals surface area contributed by atoms with Crippen LogP contribution in [-0.4, -0.2) is 34.8 Å². The molecule has 4 heteroatoms. The third-order valence-corrected chi connectivity index (χ3v) is 3.19. The molecule has 2 heterocycles. The van der Waals surface area contributed by atoms with E-state index in [4.69, 9.17) is 4.42 Å². The zero-order chi connectivity index (χ0) is 11.5. The maximum atomic E-state index is 10.5. The molecule has 0 saturated carbocycles. The van der Waals surface area contributed by atoms with E-state index >= 15 is 0 Å². The number of hydrogen-bond donors (Lipinski definition) is 0. The number of likely N-dealkylation sites (tertiary alicyclic amines) is 1. The van der Waals surface area contributed by atoms with E-state index in [2.05, 4.69) is 23.7 Å². The summed E-state index contributed by atoms with van der Waals surface area (Å²) in [4.78, 5) is 17.1. The third kappa shape index (κ3) is 2.32. The van der Waals surface area contributed by atoms with Gasteiger partial charge in [0, 0.05) is 18.5 Å². The average Bonchev–Trinajstić information content (AvgIpc) is 2.87. The molecular weight excluding hydrogens is 204 g/mol. The molecule has 88 valence electrons. The second kappa shape index (κ2) is 4.78. The SMILES string of the molecule is CC(C)N1CCCC1Cc1nc(C=O)co1. The van der Waals surface area contributed by atoms with E-state index in [1.807, 2.05) is 0 Å². The Labute approximate surface area is 95.6 Å². The minimum atomic E-state index is 0.393. The maximum Gasteiger partial charge on any atom is 0.196 e. The van der Waals surface area contributed by atoms with Gasteiger partial charge in [0.15, 0.2) is 12.2 Å². The summed E-state index contributed by atoms with van der Waals surface area (Å²) in [6, 6.07) is 1.08. The highest BCUT2D eigenvalue weighted by Crippen LogP contribution is 2.22. The van der Waals surface area contributed by atoms with Crippen molar-refractivity contribution >= 4 is 6.29 Å². The summed E-state index contributed by atoms with van der Waals surface area (Å²) < 4.78 is 5.28. The number of aromatic nitrogens is 1. The van der Waals surface area contributed by atoms with E-state index in [0.717, 1.165) is 19.3 Å². The largest absolute Gasteiger partial charge is 0.448 e. The van der Waals surface area contributed by atoms with Gasteiger partial charge >= 0.3 is 0 Å². The smallest absolute Gasteiger partial charge is 0.196 e. The van der Waals surface area contributed by atoms with E-state index < -0.39 is 0 Å². The molecule has 1 unspecified atom stereocenters. The molecule has 1 fully saturated rings. The Morgan fingerprint density at radius 3 is 3.12 bits per heavy atom. The van der Waals surface area contributed by atoms with Crippen LogP contribution in [0.2, 0.25) is 0 Å². The molecule has 0 bridgehead atoms. The zero-order valence-corrected chi connectivity index (χ0v) is 9.85. The number of rotatable bonds is 4. The molecule has 1 atom stereocenters. The molecule has 1 aromatic heterocycles. The molecule has 4 nitrogen and oxygen atoms in total. The van der Waals surface area contributed by atoms with Crippen LogP contribution < -0.4 is 0 Å². The van der Waals surface area contributed by atoms with Crippen LogP contribution in [0.1, 0.15) is 43.1 Å². The third-order valence-electron chi connectivity index (χ3n) is 3.19. The molecule has 1 aliphatic heterocycles. The first-order valence-corrected chi connectivity index (χ1v) is 5.86.